The first-order valence-electron chi connectivity index (χ1n) is 2.39. The lowest BCUT2D eigenvalue weighted by atomic mass is 10.4. The van der Waals surface area contributed by atoms with Crippen LogP contribution < -0.4 is 0 Å². The molecule has 0 amide bonds. The number of halogens is 2. The molecule has 1 heterocycles. The van der Waals surface area contributed by atoms with Crippen LogP contribution in [0, 0.1) is 12.3 Å². The van der Waals surface area contributed by atoms with Gasteiger partial charge in [-0.2, -0.15) is 0 Å². The van der Waals surface area contributed by atoms with Gasteiger partial charge in [-0.05, 0) is 27.5 Å². The minimum Gasteiger partial charge on any atom is -0.211 e. The largest absolute Gasteiger partial charge is 0.224 e. The predicted octanol–water partition coefficient (Wildman–Crippen LogP) is 1.87. The fourth-order valence-electron chi connectivity index (χ4n) is 0.464. The number of aromatic nitrogens is 2. The lowest BCUT2D eigenvalue weighted by Crippen LogP contribution is -1.86. The van der Waals surface area contributed by atoms with Gasteiger partial charge in [0.2, 0.25) is 5.28 Å². The molecule has 50 valence electrons. The summed E-state index contributed by atoms with van der Waals surface area (Å²) < 4.78 is 0.598. The highest BCUT2D eigenvalue weighted by molar-refractivity contribution is 9.10. The van der Waals surface area contributed by atoms with Crippen molar-refractivity contribution in [2.24, 2.45) is 0 Å². The normalized spacial score (nSPS) is 8.90. The Bertz CT molecular complexity index is 272. The van der Waals surface area contributed by atoms with Crippen molar-refractivity contribution in [1.29, 1.82) is 0 Å². The summed E-state index contributed by atoms with van der Waals surface area (Å²) in [6, 6.07) is 1.62. The summed E-state index contributed by atoms with van der Waals surface area (Å²) in [5.74, 6) is 2.34. The van der Waals surface area contributed by atoms with Crippen molar-refractivity contribution in [2.75, 3.05) is 0 Å². The minimum absolute atomic E-state index is 0.155. The van der Waals surface area contributed by atoms with Gasteiger partial charge in [0.25, 0.3) is 0 Å². The summed E-state index contributed by atoms with van der Waals surface area (Å²) in [5.41, 5.74) is 0.479. The van der Waals surface area contributed by atoms with Crippen molar-refractivity contribution >= 4 is 27.5 Å². The average molecular weight is 217 g/mol. The second kappa shape index (κ2) is 3.00. The maximum Gasteiger partial charge on any atom is 0.224 e. The molecule has 0 unspecified atom stereocenters. The predicted molar refractivity (Wildman–Crippen MR) is 42.7 cm³/mol. The first kappa shape index (κ1) is 7.52. The second-order valence-corrected chi connectivity index (χ2v) is 2.64. The van der Waals surface area contributed by atoms with Crippen LogP contribution in [0.1, 0.15) is 5.69 Å². The van der Waals surface area contributed by atoms with Crippen LogP contribution in [0.25, 0.3) is 0 Å². The van der Waals surface area contributed by atoms with E-state index < -0.39 is 0 Å². The van der Waals surface area contributed by atoms with E-state index in [9.17, 15) is 0 Å². The number of rotatable bonds is 0. The fourth-order valence-corrected chi connectivity index (χ4v) is 1.13. The molecule has 4 heteroatoms. The number of nitrogens with zero attached hydrogens (tertiary/aromatic N) is 2. The number of terminal acetylenes is 1. The lowest BCUT2D eigenvalue weighted by Gasteiger charge is -1.91. The molecule has 0 atom stereocenters. The smallest absolute Gasteiger partial charge is 0.211 e. The molecule has 0 fully saturated rings. The maximum absolute atomic E-state index is 5.48. The molecule has 1 aromatic rings. The van der Waals surface area contributed by atoms with Crippen LogP contribution in [0.5, 0.6) is 0 Å². The summed E-state index contributed by atoms with van der Waals surface area (Å²) in [6.45, 7) is 0. The van der Waals surface area contributed by atoms with Gasteiger partial charge < -0.3 is 0 Å². The molecular formula is C6H2BrClN2. The van der Waals surface area contributed by atoms with Crippen LogP contribution >= 0.6 is 27.5 Å². The SMILES string of the molecule is C#Cc1cc(Br)nc(Cl)n1. The van der Waals surface area contributed by atoms with Gasteiger partial charge in [-0.3, -0.25) is 0 Å². The lowest BCUT2D eigenvalue weighted by molar-refractivity contribution is 1.12. The summed E-state index contributed by atoms with van der Waals surface area (Å²) >= 11 is 8.60. The Morgan fingerprint density at radius 3 is 2.80 bits per heavy atom. The molecule has 0 bridgehead atoms. The highest BCUT2D eigenvalue weighted by Crippen LogP contribution is 2.10. The molecule has 1 rings (SSSR count). The van der Waals surface area contributed by atoms with E-state index in [0.29, 0.717) is 10.3 Å². The zero-order valence-corrected chi connectivity index (χ0v) is 7.15. The molecule has 0 aliphatic rings. The topological polar surface area (TPSA) is 25.8 Å². The molecule has 0 aliphatic carbocycles. The van der Waals surface area contributed by atoms with Crippen LogP contribution in [0.15, 0.2) is 10.7 Å². The molecule has 0 aromatic carbocycles. The Morgan fingerprint density at radius 2 is 2.30 bits per heavy atom. The van der Waals surface area contributed by atoms with Crippen molar-refractivity contribution < 1.29 is 0 Å². The molecule has 1 aromatic heterocycles. The third kappa shape index (κ3) is 1.69. The molecular weight excluding hydrogens is 215 g/mol. The minimum atomic E-state index is 0.155. The van der Waals surface area contributed by atoms with Crippen LogP contribution in [0.3, 0.4) is 0 Å². The van der Waals surface area contributed by atoms with Gasteiger partial charge in [0, 0.05) is 6.07 Å². The zero-order chi connectivity index (χ0) is 7.56. The number of hydrogen-bond donors (Lipinski definition) is 0. The second-order valence-electron chi connectivity index (χ2n) is 1.49. The molecule has 0 N–H and O–H groups in total. The van der Waals surface area contributed by atoms with Gasteiger partial charge >= 0.3 is 0 Å². The fraction of sp³-hybridized carbons (Fsp3) is 0. The standard InChI is InChI=1S/C6H2BrClN2/c1-2-4-3-5(7)10-6(8)9-4/h1,3H. The summed E-state index contributed by atoms with van der Waals surface area (Å²) in [4.78, 5) is 7.50. The van der Waals surface area contributed by atoms with Crippen LogP contribution in [-0.2, 0) is 0 Å². The number of hydrogen-bond acceptors (Lipinski definition) is 2. The Hall–Kier alpha value is -0.590. The third-order valence-corrected chi connectivity index (χ3v) is 1.39. The van der Waals surface area contributed by atoms with Crippen molar-refractivity contribution in [3.8, 4) is 12.3 Å². The highest BCUT2D eigenvalue weighted by atomic mass is 79.9. The molecule has 0 radical (unpaired) electrons. The maximum atomic E-state index is 5.48. The van der Waals surface area contributed by atoms with E-state index in [1.54, 1.807) is 6.07 Å². The Kier molecular flexibility index (Phi) is 2.25. The first-order chi connectivity index (χ1) is 4.72. The molecule has 0 saturated heterocycles. The third-order valence-electron chi connectivity index (χ3n) is 0.815. The summed E-state index contributed by atoms with van der Waals surface area (Å²) in [6.07, 6.45) is 5.07. The molecule has 0 saturated carbocycles. The van der Waals surface area contributed by atoms with Crippen LogP contribution in [0.4, 0.5) is 0 Å². The zero-order valence-electron chi connectivity index (χ0n) is 4.81. The van der Waals surface area contributed by atoms with E-state index in [1.165, 1.54) is 0 Å². The van der Waals surface area contributed by atoms with Gasteiger partial charge in [0.05, 0.1) is 0 Å². The Labute approximate surface area is 71.8 Å². The summed E-state index contributed by atoms with van der Waals surface area (Å²) in [7, 11) is 0. The molecule has 10 heavy (non-hydrogen) atoms. The van der Waals surface area contributed by atoms with Gasteiger partial charge in [-0.25, -0.2) is 9.97 Å². The quantitative estimate of drug-likeness (QED) is 0.377. The van der Waals surface area contributed by atoms with Gasteiger partial charge in [-0.15, -0.1) is 6.42 Å². The van der Waals surface area contributed by atoms with Crippen molar-refractivity contribution in [1.82, 2.24) is 9.97 Å². The van der Waals surface area contributed by atoms with E-state index >= 15 is 0 Å². The molecule has 0 aliphatic heterocycles. The Balaban J connectivity index is 3.22. The Morgan fingerprint density at radius 1 is 1.60 bits per heavy atom. The molecule has 0 spiro atoms. The average Bonchev–Trinajstić information content (AvgIpc) is 1.85. The van der Waals surface area contributed by atoms with Gasteiger partial charge in [0.1, 0.15) is 10.3 Å². The van der Waals surface area contributed by atoms with E-state index in [0.717, 1.165) is 0 Å². The van der Waals surface area contributed by atoms with E-state index in [1.807, 2.05) is 0 Å². The van der Waals surface area contributed by atoms with E-state index in [-0.39, 0.29) is 5.28 Å². The summed E-state index contributed by atoms with van der Waals surface area (Å²) in [5, 5.41) is 0.155. The van der Waals surface area contributed by atoms with Crippen LogP contribution in [-0.4, -0.2) is 9.97 Å². The van der Waals surface area contributed by atoms with Gasteiger partial charge in [0.15, 0.2) is 0 Å². The van der Waals surface area contributed by atoms with Crippen molar-refractivity contribution in [2.45, 2.75) is 0 Å². The first-order valence-corrected chi connectivity index (χ1v) is 3.56. The van der Waals surface area contributed by atoms with E-state index in [2.05, 4.69) is 31.8 Å². The van der Waals surface area contributed by atoms with Gasteiger partial charge in [-0.1, -0.05) is 5.92 Å². The molecule has 2 nitrogen and oxygen atoms in total. The highest BCUT2D eigenvalue weighted by Gasteiger charge is 1.96. The van der Waals surface area contributed by atoms with E-state index in [4.69, 9.17) is 18.0 Å². The van der Waals surface area contributed by atoms with Crippen LogP contribution in [0.2, 0.25) is 5.28 Å². The monoisotopic (exact) mass is 216 g/mol. The van der Waals surface area contributed by atoms with Crippen molar-refractivity contribution in [3.05, 3.63) is 21.6 Å². The van der Waals surface area contributed by atoms with Crippen molar-refractivity contribution in [3.63, 3.8) is 0 Å².